The molecule has 2 aromatic rings. The molecule has 0 N–H and O–H groups in total. The predicted octanol–water partition coefficient (Wildman–Crippen LogP) is 3.66. The third-order valence-electron chi connectivity index (χ3n) is 4.63. The van der Waals surface area contributed by atoms with Crippen molar-refractivity contribution in [1.29, 1.82) is 0 Å². The van der Waals surface area contributed by atoms with Gasteiger partial charge in [0.1, 0.15) is 5.82 Å². The molecule has 1 aliphatic heterocycles. The van der Waals surface area contributed by atoms with Crippen LogP contribution in [0.3, 0.4) is 0 Å². The molecular formula is C18H20BrFN2O2S. The Morgan fingerprint density at radius 2 is 1.60 bits per heavy atom. The van der Waals surface area contributed by atoms with Crippen LogP contribution in [0.5, 0.6) is 0 Å². The molecule has 1 unspecified atom stereocenters. The van der Waals surface area contributed by atoms with Crippen molar-refractivity contribution in [3.8, 4) is 0 Å². The molecule has 1 aliphatic rings. The zero-order chi connectivity index (χ0) is 18.0. The molecule has 134 valence electrons. The Kier molecular flexibility index (Phi) is 5.58. The van der Waals surface area contributed by atoms with Crippen LogP contribution < -0.4 is 0 Å². The van der Waals surface area contributed by atoms with E-state index >= 15 is 0 Å². The van der Waals surface area contributed by atoms with Crippen LogP contribution in [0.15, 0.2) is 57.9 Å². The Bertz CT molecular complexity index is 834. The van der Waals surface area contributed by atoms with Gasteiger partial charge in [-0.05, 0) is 52.7 Å². The molecule has 0 amide bonds. The Morgan fingerprint density at radius 1 is 1.00 bits per heavy atom. The third-order valence-corrected chi connectivity index (χ3v) is 7.54. The molecule has 1 fully saturated rings. The average molecular weight is 427 g/mol. The summed E-state index contributed by atoms with van der Waals surface area (Å²) >= 11 is 3.32. The Labute approximate surface area is 156 Å². The highest BCUT2D eigenvalue weighted by Gasteiger charge is 2.31. The summed E-state index contributed by atoms with van der Waals surface area (Å²) in [5.74, 6) is -0.250. The molecule has 4 nitrogen and oxygen atoms in total. The van der Waals surface area contributed by atoms with Gasteiger partial charge in [-0.3, -0.25) is 4.90 Å². The molecule has 2 aromatic carbocycles. The molecule has 1 heterocycles. The van der Waals surface area contributed by atoms with Gasteiger partial charge < -0.3 is 0 Å². The minimum Gasteiger partial charge on any atom is -0.294 e. The van der Waals surface area contributed by atoms with Crippen molar-refractivity contribution in [2.24, 2.45) is 0 Å². The maximum Gasteiger partial charge on any atom is 0.244 e. The van der Waals surface area contributed by atoms with Gasteiger partial charge in [0.25, 0.3) is 0 Å². The molecular weight excluding hydrogens is 407 g/mol. The van der Waals surface area contributed by atoms with Gasteiger partial charge in [-0.15, -0.1) is 0 Å². The zero-order valence-corrected chi connectivity index (χ0v) is 16.3. The fraction of sp³-hybridized carbons (Fsp3) is 0.333. The van der Waals surface area contributed by atoms with Crippen LogP contribution in [0.1, 0.15) is 18.5 Å². The number of nitrogens with zero attached hydrogens (tertiary/aromatic N) is 2. The molecule has 25 heavy (non-hydrogen) atoms. The average Bonchev–Trinajstić information content (AvgIpc) is 2.62. The van der Waals surface area contributed by atoms with Gasteiger partial charge in [0, 0.05) is 36.7 Å². The van der Waals surface area contributed by atoms with Gasteiger partial charge in [0.2, 0.25) is 10.0 Å². The van der Waals surface area contributed by atoms with Crippen molar-refractivity contribution in [3.63, 3.8) is 0 Å². The van der Waals surface area contributed by atoms with E-state index in [2.05, 4.69) is 27.8 Å². The molecule has 3 rings (SSSR count). The third kappa shape index (κ3) is 3.95. The van der Waals surface area contributed by atoms with Crippen molar-refractivity contribution in [2.45, 2.75) is 17.9 Å². The fourth-order valence-electron chi connectivity index (χ4n) is 3.08. The Balaban J connectivity index is 1.69. The molecule has 0 radical (unpaired) electrons. The first-order valence-electron chi connectivity index (χ1n) is 8.14. The van der Waals surface area contributed by atoms with E-state index in [1.165, 1.54) is 16.4 Å². The molecule has 0 aliphatic carbocycles. The molecule has 0 bridgehead atoms. The van der Waals surface area contributed by atoms with Crippen molar-refractivity contribution >= 4 is 26.0 Å². The molecule has 0 aromatic heterocycles. The number of rotatable bonds is 4. The second-order valence-electron chi connectivity index (χ2n) is 6.10. The summed E-state index contributed by atoms with van der Waals surface area (Å²) in [4.78, 5) is 2.52. The lowest BCUT2D eigenvalue weighted by molar-refractivity contribution is 0.146. The second kappa shape index (κ2) is 7.53. The summed E-state index contributed by atoms with van der Waals surface area (Å²) in [6.07, 6.45) is 0. The van der Waals surface area contributed by atoms with Crippen LogP contribution in [0, 0.1) is 5.82 Å². The first-order chi connectivity index (χ1) is 11.9. The highest BCUT2D eigenvalue weighted by molar-refractivity contribution is 9.10. The molecule has 7 heteroatoms. The minimum absolute atomic E-state index is 0.119. The second-order valence-corrected chi connectivity index (χ2v) is 8.86. The van der Waals surface area contributed by atoms with Gasteiger partial charge in [-0.1, -0.05) is 24.3 Å². The van der Waals surface area contributed by atoms with Gasteiger partial charge in [0.15, 0.2) is 0 Å². The van der Waals surface area contributed by atoms with E-state index in [1.54, 1.807) is 36.4 Å². The first kappa shape index (κ1) is 18.5. The first-order valence-corrected chi connectivity index (χ1v) is 10.4. The van der Waals surface area contributed by atoms with Gasteiger partial charge in [-0.25, -0.2) is 12.8 Å². The van der Waals surface area contributed by atoms with Crippen molar-refractivity contribution < 1.29 is 12.8 Å². The Morgan fingerprint density at radius 3 is 2.20 bits per heavy atom. The molecule has 1 atom stereocenters. The summed E-state index contributed by atoms with van der Waals surface area (Å²) in [5.41, 5.74) is 1.03. The summed E-state index contributed by atoms with van der Waals surface area (Å²) < 4.78 is 40.8. The summed E-state index contributed by atoms with van der Waals surface area (Å²) in [7, 11) is -3.50. The van der Waals surface area contributed by atoms with Crippen molar-refractivity contribution in [3.05, 3.63) is 64.4 Å². The van der Waals surface area contributed by atoms with E-state index < -0.39 is 10.0 Å². The number of halogens is 2. The SMILES string of the molecule is CC(c1ccc(F)cc1)N1CCN(S(=O)(=O)c2ccccc2Br)CC1. The smallest absolute Gasteiger partial charge is 0.244 e. The number of benzene rings is 2. The highest BCUT2D eigenvalue weighted by atomic mass is 79.9. The van der Waals surface area contributed by atoms with E-state index in [0.29, 0.717) is 35.5 Å². The minimum atomic E-state index is -3.50. The zero-order valence-electron chi connectivity index (χ0n) is 13.9. The van der Waals surface area contributed by atoms with E-state index in [-0.39, 0.29) is 11.9 Å². The number of hydrogen-bond acceptors (Lipinski definition) is 3. The molecule has 0 spiro atoms. The summed E-state index contributed by atoms with van der Waals surface area (Å²) in [6, 6.07) is 13.5. The molecule has 0 saturated carbocycles. The summed E-state index contributed by atoms with van der Waals surface area (Å²) in [5, 5.41) is 0. The number of piperazine rings is 1. The van der Waals surface area contributed by atoms with Crippen LogP contribution in [0.25, 0.3) is 0 Å². The van der Waals surface area contributed by atoms with Gasteiger partial charge >= 0.3 is 0 Å². The fourth-order valence-corrected chi connectivity index (χ4v) is 5.46. The standard InChI is InChI=1S/C18H20BrFN2O2S/c1-14(15-6-8-16(20)9-7-15)21-10-12-22(13-11-21)25(23,24)18-5-3-2-4-17(18)19/h2-9,14H,10-13H2,1H3. The number of hydrogen-bond donors (Lipinski definition) is 0. The lowest BCUT2D eigenvalue weighted by Crippen LogP contribution is -2.49. The Hall–Kier alpha value is -1.28. The maximum absolute atomic E-state index is 13.1. The molecule has 1 saturated heterocycles. The summed E-state index contributed by atoms with van der Waals surface area (Å²) in [6.45, 7) is 4.22. The topological polar surface area (TPSA) is 40.6 Å². The van der Waals surface area contributed by atoms with E-state index in [4.69, 9.17) is 0 Å². The predicted molar refractivity (Wildman–Crippen MR) is 99.3 cm³/mol. The highest BCUT2D eigenvalue weighted by Crippen LogP contribution is 2.27. The van der Waals surface area contributed by atoms with E-state index in [0.717, 1.165) is 5.56 Å². The van der Waals surface area contributed by atoms with Crippen LogP contribution in [-0.2, 0) is 10.0 Å². The normalized spacial score (nSPS) is 18.2. The lowest BCUT2D eigenvalue weighted by Gasteiger charge is -2.37. The van der Waals surface area contributed by atoms with Gasteiger partial charge in [-0.2, -0.15) is 4.31 Å². The van der Waals surface area contributed by atoms with Crippen LogP contribution in [0.4, 0.5) is 4.39 Å². The van der Waals surface area contributed by atoms with E-state index in [1.807, 2.05) is 0 Å². The quantitative estimate of drug-likeness (QED) is 0.748. The van der Waals surface area contributed by atoms with Crippen molar-refractivity contribution in [2.75, 3.05) is 26.2 Å². The number of sulfonamides is 1. The van der Waals surface area contributed by atoms with Crippen LogP contribution >= 0.6 is 15.9 Å². The van der Waals surface area contributed by atoms with Crippen molar-refractivity contribution in [1.82, 2.24) is 9.21 Å². The maximum atomic E-state index is 13.1. The largest absolute Gasteiger partial charge is 0.294 e. The lowest BCUT2D eigenvalue weighted by atomic mass is 10.1. The monoisotopic (exact) mass is 426 g/mol. The van der Waals surface area contributed by atoms with E-state index in [9.17, 15) is 12.8 Å². The van der Waals surface area contributed by atoms with Crippen LogP contribution in [0.2, 0.25) is 0 Å². The van der Waals surface area contributed by atoms with Gasteiger partial charge in [0.05, 0.1) is 4.90 Å². The van der Waals surface area contributed by atoms with Crippen LogP contribution in [-0.4, -0.2) is 43.8 Å².